The van der Waals surface area contributed by atoms with Gasteiger partial charge in [-0.05, 0) is 19.4 Å². The second-order valence-corrected chi connectivity index (χ2v) is 5.00. The van der Waals surface area contributed by atoms with E-state index in [1.165, 1.54) is 6.08 Å². The molecular weight excluding hydrogens is 297 g/mol. The van der Waals surface area contributed by atoms with Gasteiger partial charge < -0.3 is 21.5 Å². The van der Waals surface area contributed by atoms with E-state index in [-0.39, 0.29) is 23.3 Å². The number of hydrogen-bond donors (Lipinski definition) is 4. The van der Waals surface area contributed by atoms with Gasteiger partial charge in [0, 0.05) is 30.9 Å². The highest BCUT2D eigenvalue weighted by atomic mass is 19.4. The number of nitrogens with zero attached hydrogens (tertiary/aromatic N) is 1. The van der Waals surface area contributed by atoms with Gasteiger partial charge in [0.1, 0.15) is 5.84 Å². The van der Waals surface area contributed by atoms with Crippen LogP contribution in [0.5, 0.6) is 0 Å². The second-order valence-electron chi connectivity index (χ2n) is 5.00. The maximum Gasteiger partial charge on any atom is 0.419 e. The molecule has 5 nitrogen and oxygen atoms in total. The molecule has 0 fully saturated rings. The zero-order chi connectivity index (χ0) is 16.8. The quantitative estimate of drug-likeness (QED) is 0.447. The van der Waals surface area contributed by atoms with Crippen LogP contribution in [-0.2, 0) is 0 Å². The number of allylic oxidation sites excluding steroid dienone is 2. The topological polar surface area (TPSA) is 82.7 Å². The minimum Gasteiger partial charge on any atom is -0.495 e. The van der Waals surface area contributed by atoms with E-state index in [0.717, 1.165) is 6.20 Å². The van der Waals surface area contributed by atoms with Gasteiger partial charge >= 0.3 is 6.18 Å². The average molecular weight is 318 g/mol. The summed E-state index contributed by atoms with van der Waals surface area (Å²) < 4.78 is 39.3. The van der Waals surface area contributed by atoms with Crippen molar-refractivity contribution in [2.45, 2.75) is 25.9 Å². The summed E-state index contributed by atoms with van der Waals surface area (Å²) in [7, 11) is 0. The maximum atomic E-state index is 13.1. The first-order chi connectivity index (χ1) is 10.2. The predicted molar refractivity (Wildman–Crippen MR) is 80.0 cm³/mol. The van der Waals surface area contributed by atoms with E-state index in [1.54, 1.807) is 6.92 Å². The molecule has 1 aliphatic heterocycles. The van der Waals surface area contributed by atoms with E-state index in [2.05, 4.69) is 22.2 Å². The largest absolute Gasteiger partial charge is 0.495 e. The number of hydrogen-bond acceptors (Lipinski definition) is 5. The van der Waals surface area contributed by atoms with E-state index >= 15 is 0 Å². The molecule has 0 spiro atoms. The first kappa shape index (κ1) is 17.9. The van der Waals surface area contributed by atoms with Crippen molar-refractivity contribution in [2.75, 3.05) is 13.1 Å². The average Bonchev–Trinajstić information content (AvgIpc) is 2.39. The third-order valence-electron chi connectivity index (χ3n) is 3.12. The number of alkyl halides is 3. The van der Waals surface area contributed by atoms with Crippen LogP contribution >= 0.6 is 0 Å². The van der Waals surface area contributed by atoms with Crippen LogP contribution in [0, 0.1) is 5.92 Å². The fourth-order valence-corrected chi connectivity index (χ4v) is 1.80. The van der Waals surface area contributed by atoms with Gasteiger partial charge in [0.25, 0.3) is 0 Å². The second kappa shape index (κ2) is 7.77. The number of rotatable bonds is 6. The van der Waals surface area contributed by atoms with Gasteiger partial charge in [-0.25, -0.2) is 4.99 Å². The minimum atomic E-state index is -4.51. The Kier molecular flexibility index (Phi) is 6.33. The Morgan fingerprint density at radius 1 is 1.50 bits per heavy atom. The molecule has 124 valence electrons. The van der Waals surface area contributed by atoms with Crippen molar-refractivity contribution < 1.29 is 18.3 Å². The first-order valence-electron chi connectivity index (χ1n) is 6.88. The third kappa shape index (κ3) is 5.71. The Hall–Kier alpha value is -2.12. The molecule has 0 aromatic heterocycles. The molecule has 1 aliphatic rings. The molecular formula is C14H21F3N4O. The summed E-state index contributed by atoms with van der Waals surface area (Å²) >= 11 is 0. The highest BCUT2D eigenvalue weighted by Crippen LogP contribution is 2.31. The van der Waals surface area contributed by atoms with Crippen LogP contribution in [0.4, 0.5) is 13.2 Å². The Morgan fingerprint density at radius 2 is 2.18 bits per heavy atom. The third-order valence-corrected chi connectivity index (χ3v) is 3.12. The lowest BCUT2D eigenvalue weighted by Crippen LogP contribution is -2.28. The highest BCUT2D eigenvalue weighted by Gasteiger charge is 2.36. The molecule has 0 amide bonds. The summed E-state index contributed by atoms with van der Waals surface area (Å²) in [6.07, 6.45) is -1.37. The summed E-state index contributed by atoms with van der Waals surface area (Å²) in [5, 5.41) is 14.2. The van der Waals surface area contributed by atoms with Crippen molar-refractivity contribution in [3.8, 4) is 0 Å². The molecule has 8 heteroatoms. The number of nitrogens with two attached hydrogens (primary N) is 1. The molecule has 0 saturated heterocycles. The van der Waals surface area contributed by atoms with Crippen LogP contribution in [0.1, 0.15) is 19.8 Å². The van der Waals surface area contributed by atoms with E-state index in [4.69, 9.17) is 10.8 Å². The summed E-state index contributed by atoms with van der Waals surface area (Å²) in [6, 6.07) is 0. The molecule has 0 radical (unpaired) electrons. The molecule has 1 atom stereocenters. The Bertz CT molecular complexity index is 495. The molecule has 0 bridgehead atoms. The summed E-state index contributed by atoms with van der Waals surface area (Å²) in [5.74, 6) is -0.107. The molecule has 0 aliphatic carbocycles. The monoisotopic (exact) mass is 318 g/mol. The molecule has 0 aromatic rings. The maximum absolute atomic E-state index is 13.1. The SMILES string of the molecule is C=C(O)NCCCNC1=CCC(C)C(N)=NC=C1C(F)(F)F. The minimum absolute atomic E-state index is 0.00146. The van der Waals surface area contributed by atoms with Gasteiger partial charge in [0.05, 0.1) is 5.57 Å². The number of aliphatic hydroxyl groups excluding tert-OH is 1. The van der Waals surface area contributed by atoms with Crippen molar-refractivity contribution in [3.05, 3.63) is 36.0 Å². The van der Waals surface area contributed by atoms with E-state index in [0.29, 0.717) is 25.9 Å². The molecule has 5 N–H and O–H groups in total. The van der Waals surface area contributed by atoms with Crippen molar-refractivity contribution in [1.29, 1.82) is 0 Å². The van der Waals surface area contributed by atoms with Gasteiger partial charge in [-0.15, -0.1) is 0 Å². The molecule has 1 heterocycles. The highest BCUT2D eigenvalue weighted by molar-refractivity contribution is 5.83. The first-order valence-corrected chi connectivity index (χ1v) is 6.88. The lowest BCUT2D eigenvalue weighted by molar-refractivity contribution is -0.0900. The van der Waals surface area contributed by atoms with Crippen molar-refractivity contribution in [3.63, 3.8) is 0 Å². The smallest absolute Gasteiger partial charge is 0.419 e. The lowest BCUT2D eigenvalue weighted by atomic mass is 10.0. The van der Waals surface area contributed by atoms with E-state index < -0.39 is 11.7 Å². The van der Waals surface area contributed by atoms with Gasteiger partial charge in [0.2, 0.25) is 0 Å². The number of halogens is 3. The Balaban J connectivity index is 2.77. The number of aliphatic imine (C=N–C) groups is 1. The van der Waals surface area contributed by atoms with Crippen LogP contribution in [0.25, 0.3) is 0 Å². The van der Waals surface area contributed by atoms with Gasteiger partial charge in [-0.3, -0.25) is 0 Å². The number of aliphatic hydroxyl groups is 1. The zero-order valence-corrected chi connectivity index (χ0v) is 12.4. The zero-order valence-electron chi connectivity index (χ0n) is 12.4. The van der Waals surface area contributed by atoms with Gasteiger partial charge in [-0.2, -0.15) is 13.2 Å². The lowest BCUT2D eigenvalue weighted by Gasteiger charge is -2.20. The van der Waals surface area contributed by atoms with Crippen molar-refractivity contribution in [2.24, 2.45) is 16.6 Å². The summed E-state index contributed by atoms with van der Waals surface area (Å²) in [5.41, 5.74) is 4.77. The number of nitrogens with one attached hydrogen (secondary N) is 2. The molecule has 0 aromatic carbocycles. The van der Waals surface area contributed by atoms with Gasteiger partial charge in [-0.1, -0.05) is 13.0 Å². The van der Waals surface area contributed by atoms with E-state index in [1.807, 2.05) is 0 Å². The summed E-state index contributed by atoms with van der Waals surface area (Å²) in [4.78, 5) is 3.70. The molecule has 1 rings (SSSR count). The van der Waals surface area contributed by atoms with Crippen LogP contribution in [0.2, 0.25) is 0 Å². The number of amidine groups is 1. The molecule has 1 unspecified atom stereocenters. The van der Waals surface area contributed by atoms with Crippen molar-refractivity contribution >= 4 is 5.84 Å². The van der Waals surface area contributed by atoms with Crippen LogP contribution < -0.4 is 16.4 Å². The normalized spacial score (nSPS) is 19.3. The standard InChI is InChI=1S/C14H21F3N4O/c1-9-4-5-12(20-7-3-6-19-10(2)22)11(14(15,16)17)8-21-13(9)18/h5,8-9,19-20,22H,2-4,6-7H2,1H3,(H2,18,21). The van der Waals surface area contributed by atoms with E-state index in [9.17, 15) is 13.2 Å². The van der Waals surface area contributed by atoms with Crippen LogP contribution in [0.15, 0.2) is 41.0 Å². The fourth-order valence-electron chi connectivity index (χ4n) is 1.80. The molecule has 22 heavy (non-hydrogen) atoms. The van der Waals surface area contributed by atoms with Gasteiger partial charge in [0.15, 0.2) is 5.88 Å². The predicted octanol–water partition coefficient (Wildman–Crippen LogP) is 2.31. The van der Waals surface area contributed by atoms with Crippen LogP contribution in [0.3, 0.4) is 0 Å². The van der Waals surface area contributed by atoms with Crippen molar-refractivity contribution in [1.82, 2.24) is 10.6 Å². The van der Waals surface area contributed by atoms with Crippen LogP contribution in [-0.4, -0.2) is 30.2 Å². The Morgan fingerprint density at radius 3 is 2.77 bits per heavy atom. The Labute approximate surface area is 127 Å². The fraction of sp³-hybridized carbons (Fsp3) is 0.500. The summed E-state index contributed by atoms with van der Waals surface area (Å²) in [6.45, 7) is 5.77. The molecule has 0 saturated carbocycles.